The van der Waals surface area contributed by atoms with Gasteiger partial charge in [0.25, 0.3) is 0 Å². The molecule has 0 aliphatic carbocycles. The molecule has 0 saturated carbocycles. The van der Waals surface area contributed by atoms with Crippen LogP contribution in [0.2, 0.25) is 0 Å². The van der Waals surface area contributed by atoms with Gasteiger partial charge >= 0.3 is 39.5 Å². The molecule has 588 valence electrons. The summed E-state index contributed by atoms with van der Waals surface area (Å²) in [6.45, 7) is 14.3. The molecule has 7 atom stereocenters. The van der Waals surface area contributed by atoms with Gasteiger partial charge in [0.1, 0.15) is 19.3 Å². The lowest BCUT2D eigenvalue weighted by atomic mass is 9.99. The Kier molecular flexibility index (Phi) is 67.8. The summed E-state index contributed by atoms with van der Waals surface area (Å²) in [5.74, 6) is 1.02. The Bertz CT molecular complexity index is 1940. The molecule has 0 aromatic carbocycles. The highest BCUT2D eigenvalue weighted by Gasteiger charge is 2.30. The van der Waals surface area contributed by atoms with Gasteiger partial charge in [0, 0.05) is 25.7 Å². The van der Waals surface area contributed by atoms with Crippen molar-refractivity contribution in [3.8, 4) is 0 Å². The molecule has 0 aliphatic heterocycles. The number of aliphatic hydroxyl groups is 1. The van der Waals surface area contributed by atoms with Crippen LogP contribution in [-0.2, 0) is 65.4 Å². The maximum absolute atomic E-state index is 13.1. The minimum Gasteiger partial charge on any atom is -0.462 e. The summed E-state index contributed by atoms with van der Waals surface area (Å²) in [6, 6.07) is 0. The molecule has 3 N–H and O–H groups in total. The topological polar surface area (TPSA) is 237 Å². The smallest absolute Gasteiger partial charge is 0.462 e. The predicted molar refractivity (Wildman–Crippen MR) is 404 cm³/mol. The zero-order valence-electron chi connectivity index (χ0n) is 65.1. The number of aliphatic hydroxyl groups excluding tert-OH is 1. The number of carbonyl (C=O) groups is 4. The summed E-state index contributed by atoms with van der Waals surface area (Å²) in [4.78, 5) is 73.0. The molecule has 0 aromatic heterocycles. The van der Waals surface area contributed by atoms with Gasteiger partial charge in [-0.25, -0.2) is 9.13 Å². The van der Waals surface area contributed by atoms with E-state index in [2.05, 4.69) is 55.4 Å². The summed E-state index contributed by atoms with van der Waals surface area (Å²) in [5, 5.41) is 10.6. The predicted octanol–water partition coefficient (Wildman–Crippen LogP) is 23.6. The van der Waals surface area contributed by atoms with Crippen molar-refractivity contribution in [3.05, 3.63) is 0 Å². The number of carbonyl (C=O) groups excluding carboxylic acids is 4. The average molecular weight is 1450 g/mol. The van der Waals surface area contributed by atoms with Crippen LogP contribution in [0.5, 0.6) is 0 Å². The van der Waals surface area contributed by atoms with Crippen LogP contribution < -0.4 is 0 Å². The number of ether oxygens (including phenoxy) is 4. The fourth-order valence-electron chi connectivity index (χ4n) is 12.2. The van der Waals surface area contributed by atoms with E-state index in [1.807, 2.05) is 0 Å². The number of hydrogen-bond donors (Lipinski definition) is 3. The highest BCUT2D eigenvalue weighted by Crippen LogP contribution is 2.45. The van der Waals surface area contributed by atoms with Crippen LogP contribution in [0.15, 0.2) is 0 Å². The standard InChI is InChI=1S/C80H156O17P2/c1-9-72(7)58-50-42-34-28-24-25-29-35-44-52-60-77(82)90-66-75(96-79(84)62-55-47-37-31-23-19-15-14-17-21-27-33-41-49-57-71(5)6)68-94-98(86,87)92-64-74(81)65-93-99(88,89)95-69-76(67-91-78(83)61-53-45-39-38-43-51-59-73(8)10-2)97-80(85)63-54-46-36-30-22-18-13-11-12-16-20-26-32-40-48-56-70(3)4/h70-76,81H,9-69H2,1-8H3,(H,86,87)(H,88,89)/t72?,73?,74-,75-,76-/m1/s1. The molecule has 0 saturated heterocycles. The van der Waals surface area contributed by atoms with Gasteiger partial charge in [-0.1, -0.05) is 357 Å². The third kappa shape index (κ3) is 71.5. The third-order valence-corrected chi connectivity index (χ3v) is 21.2. The summed E-state index contributed by atoms with van der Waals surface area (Å²) in [7, 11) is -9.92. The minimum absolute atomic E-state index is 0.106. The number of rotatable bonds is 77. The van der Waals surface area contributed by atoms with E-state index in [1.54, 1.807) is 0 Å². The van der Waals surface area contributed by atoms with E-state index in [0.29, 0.717) is 25.7 Å². The fourth-order valence-corrected chi connectivity index (χ4v) is 13.8. The lowest BCUT2D eigenvalue weighted by Crippen LogP contribution is -2.30. The van der Waals surface area contributed by atoms with Crippen LogP contribution in [0.25, 0.3) is 0 Å². The van der Waals surface area contributed by atoms with Crippen molar-refractivity contribution in [2.24, 2.45) is 23.7 Å². The minimum atomic E-state index is -4.96. The third-order valence-electron chi connectivity index (χ3n) is 19.3. The number of esters is 4. The zero-order valence-corrected chi connectivity index (χ0v) is 66.9. The Hall–Kier alpha value is -1.94. The van der Waals surface area contributed by atoms with Gasteiger partial charge in [-0.05, 0) is 49.4 Å². The Morgan fingerprint density at radius 3 is 0.717 bits per heavy atom. The molecule has 19 heteroatoms. The molecular weight excluding hydrogens is 1290 g/mol. The van der Waals surface area contributed by atoms with Gasteiger partial charge in [-0.3, -0.25) is 37.3 Å². The molecule has 0 bridgehead atoms. The van der Waals surface area contributed by atoms with E-state index in [1.165, 1.54) is 205 Å². The van der Waals surface area contributed by atoms with Gasteiger partial charge < -0.3 is 33.8 Å². The molecule has 0 rings (SSSR count). The molecule has 0 aliphatic rings. The first-order valence-corrected chi connectivity index (χ1v) is 44.3. The maximum Gasteiger partial charge on any atom is 0.472 e. The molecule has 17 nitrogen and oxygen atoms in total. The summed E-state index contributed by atoms with van der Waals surface area (Å²) >= 11 is 0. The van der Waals surface area contributed by atoms with Crippen molar-refractivity contribution >= 4 is 39.5 Å². The van der Waals surface area contributed by atoms with Gasteiger partial charge in [-0.15, -0.1) is 0 Å². The number of hydrogen-bond acceptors (Lipinski definition) is 15. The average Bonchev–Trinajstić information content (AvgIpc) is 1.40. The van der Waals surface area contributed by atoms with E-state index in [0.717, 1.165) is 120 Å². The second-order valence-electron chi connectivity index (χ2n) is 30.2. The number of phosphoric acid groups is 2. The second-order valence-corrected chi connectivity index (χ2v) is 33.1. The highest BCUT2D eigenvalue weighted by molar-refractivity contribution is 7.47. The van der Waals surface area contributed by atoms with Crippen LogP contribution in [-0.4, -0.2) is 96.7 Å². The van der Waals surface area contributed by atoms with Crippen LogP contribution in [0.4, 0.5) is 0 Å². The van der Waals surface area contributed by atoms with Crippen molar-refractivity contribution in [2.45, 2.75) is 427 Å². The van der Waals surface area contributed by atoms with Crippen LogP contribution >= 0.6 is 15.6 Å². The maximum atomic E-state index is 13.1. The van der Waals surface area contributed by atoms with Gasteiger partial charge in [-0.2, -0.15) is 0 Å². The first-order valence-electron chi connectivity index (χ1n) is 41.3. The fraction of sp³-hybridized carbons (Fsp3) is 0.950. The van der Waals surface area contributed by atoms with E-state index in [-0.39, 0.29) is 25.7 Å². The summed E-state index contributed by atoms with van der Waals surface area (Å²) in [5.41, 5.74) is 0. The molecule has 0 radical (unpaired) electrons. The quantitative estimate of drug-likeness (QED) is 0.0222. The van der Waals surface area contributed by atoms with Gasteiger partial charge in [0.05, 0.1) is 26.4 Å². The normalized spacial score (nSPS) is 14.6. The molecule has 0 aromatic rings. The SMILES string of the molecule is CCC(C)CCCCCCCCCCCCC(=O)OC[C@H](COP(=O)(O)OC[C@@H](O)COP(=O)(O)OC[C@@H](COC(=O)CCCCCCCCC(C)CC)OC(=O)CCCCCCCCCCCCCCCCCC(C)C)OC(=O)CCCCCCCCCCCCCCCCC(C)C. The van der Waals surface area contributed by atoms with E-state index >= 15 is 0 Å². The molecule has 0 amide bonds. The number of unbranched alkanes of at least 4 members (excludes halogenated alkanes) is 41. The van der Waals surface area contributed by atoms with E-state index in [4.69, 9.17) is 37.0 Å². The monoisotopic (exact) mass is 1450 g/mol. The van der Waals surface area contributed by atoms with Gasteiger partial charge in [0.2, 0.25) is 0 Å². The van der Waals surface area contributed by atoms with E-state index < -0.39 is 97.5 Å². The summed E-state index contributed by atoms with van der Waals surface area (Å²) < 4.78 is 68.7. The van der Waals surface area contributed by atoms with Crippen LogP contribution in [0.3, 0.4) is 0 Å². The van der Waals surface area contributed by atoms with Crippen molar-refractivity contribution in [3.63, 3.8) is 0 Å². The first-order chi connectivity index (χ1) is 47.7. The van der Waals surface area contributed by atoms with Crippen LogP contribution in [0.1, 0.15) is 409 Å². The lowest BCUT2D eigenvalue weighted by Gasteiger charge is -2.21. The Balaban J connectivity index is 5.25. The summed E-state index contributed by atoms with van der Waals surface area (Å²) in [6.07, 6.45) is 55.4. The Morgan fingerprint density at radius 2 is 0.485 bits per heavy atom. The van der Waals surface area contributed by atoms with Crippen LogP contribution in [0, 0.1) is 23.7 Å². The molecular formula is C80H156O17P2. The molecule has 0 spiro atoms. The van der Waals surface area contributed by atoms with Crippen molar-refractivity contribution in [1.82, 2.24) is 0 Å². The van der Waals surface area contributed by atoms with Crippen molar-refractivity contribution in [2.75, 3.05) is 39.6 Å². The highest BCUT2D eigenvalue weighted by atomic mass is 31.2. The Morgan fingerprint density at radius 1 is 0.283 bits per heavy atom. The molecule has 4 unspecified atom stereocenters. The zero-order chi connectivity index (χ0) is 73.1. The van der Waals surface area contributed by atoms with Gasteiger partial charge in [0.15, 0.2) is 12.2 Å². The second kappa shape index (κ2) is 69.1. The Labute approximate surface area is 607 Å². The first kappa shape index (κ1) is 97.1. The van der Waals surface area contributed by atoms with Crippen molar-refractivity contribution < 1.29 is 80.2 Å². The molecule has 0 fully saturated rings. The number of phosphoric ester groups is 2. The largest absolute Gasteiger partial charge is 0.472 e. The molecule has 0 heterocycles. The molecule has 99 heavy (non-hydrogen) atoms. The van der Waals surface area contributed by atoms with E-state index in [9.17, 15) is 43.2 Å². The van der Waals surface area contributed by atoms with Crippen molar-refractivity contribution in [1.29, 1.82) is 0 Å². The lowest BCUT2D eigenvalue weighted by molar-refractivity contribution is -0.161.